The molecule has 0 saturated carbocycles. The van der Waals surface area contributed by atoms with E-state index in [1.165, 1.54) is 0 Å². The van der Waals surface area contributed by atoms with Crippen LogP contribution in [0.5, 0.6) is 0 Å². The van der Waals surface area contributed by atoms with Gasteiger partial charge in [0.1, 0.15) is 0 Å². The summed E-state index contributed by atoms with van der Waals surface area (Å²) in [4.78, 5) is 11.9. The maximum absolute atomic E-state index is 11.9. The molecule has 0 aliphatic heterocycles. The molecular weight excluding hydrogens is 330 g/mol. The summed E-state index contributed by atoms with van der Waals surface area (Å²) in [5.41, 5.74) is 9.83. The number of nitrogens with one attached hydrogen (secondary N) is 3. The highest BCUT2D eigenvalue weighted by atomic mass is 35.5. The van der Waals surface area contributed by atoms with Gasteiger partial charge in [-0.2, -0.15) is 0 Å². The SMILES string of the molecule is Cc1c(Cl)cccc1NC(=S)NNC1=CC(=O)c2ccccc21. The van der Waals surface area contributed by atoms with Crippen LogP contribution < -0.4 is 16.2 Å². The van der Waals surface area contributed by atoms with Crippen LogP contribution in [0.2, 0.25) is 5.02 Å². The van der Waals surface area contributed by atoms with Crippen molar-refractivity contribution in [3.8, 4) is 0 Å². The number of carbonyl (C=O) groups is 1. The van der Waals surface area contributed by atoms with E-state index in [0.717, 1.165) is 16.8 Å². The van der Waals surface area contributed by atoms with Crippen molar-refractivity contribution in [1.82, 2.24) is 10.9 Å². The fraction of sp³-hybridized carbons (Fsp3) is 0.0588. The first-order valence-electron chi connectivity index (χ1n) is 7.00. The Bertz CT molecular complexity index is 832. The van der Waals surface area contributed by atoms with Crippen molar-refractivity contribution >= 4 is 46.1 Å². The molecule has 1 aliphatic carbocycles. The van der Waals surface area contributed by atoms with Crippen LogP contribution in [0, 0.1) is 6.92 Å². The predicted octanol–water partition coefficient (Wildman–Crippen LogP) is 3.68. The third-order valence-corrected chi connectivity index (χ3v) is 4.20. The van der Waals surface area contributed by atoms with Gasteiger partial charge in [-0.25, -0.2) is 0 Å². The second-order valence-electron chi connectivity index (χ2n) is 5.08. The Morgan fingerprint density at radius 3 is 2.61 bits per heavy atom. The van der Waals surface area contributed by atoms with Crippen LogP contribution in [0.3, 0.4) is 0 Å². The van der Waals surface area contributed by atoms with Crippen LogP contribution >= 0.6 is 23.8 Å². The minimum atomic E-state index is -0.0190. The molecule has 1 aliphatic rings. The first-order chi connectivity index (χ1) is 11.1. The molecule has 0 atom stereocenters. The molecule has 23 heavy (non-hydrogen) atoms. The van der Waals surface area contributed by atoms with Crippen LogP contribution in [0.1, 0.15) is 21.5 Å². The summed E-state index contributed by atoms with van der Waals surface area (Å²) in [5, 5.41) is 4.12. The van der Waals surface area contributed by atoms with E-state index in [4.69, 9.17) is 23.8 Å². The number of hydrogen-bond acceptors (Lipinski definition) is 3. The average molecular weight is 344 g/mol. The molecular formula is C17H14ClN3OS. The summed E-state index contributed by atoms with van der Waals surface area (Å²) >= 11 is 11.3. The Kier molecular flexibility index (Phi) is 4.32. The largest absolute Gasteiger partial charge is 0.331 e. The second-order valence-corrected chi connectivity index (χ2v) is 5.90. The number of fused-ring (bicyclic) bond motifs is 1. The Labute approximate surface area is 144 Å². The summed E-state index contributed by atoms with van der Waals surface area (Å²) in [6.07, 6.45) is 1.55. The molecule has 0 unspecified atom stereocenters. The Hall–Kier alpha value is -2.37. The highest BCUT2D eigenvalue weighted by Crippen LogP contribution is 2.25. The first kappa shape index (κ1) is 15.5. The molecule has 4 nitrogen and oxygen atoms in total. The maximum atomic E-state index is 11.9. The number of rotatable bonds is 3. The molecule has 0 spiro atoms. The summed E-state index contributed by atoms with van der Waals surface area (Å²) in [5.74, 6) is -0.0190. The van der Waals surface area contributed by atoms with Crippen molar-refractivity contribution in [3.05, 3.63) is 70.3 Å². The third-order valence-electron chi connectivity index (χ3n) is 3.58. The van der Waals surface area contributed by atoms with Gasteiger partial charge in [0.05, 0.1) is 5.70 Å². The zero-order chi connectivity index (χ0) is 16.4. The van der Waals surface area contributed by atoms with Crippen molar-refractivity contribution in [2.75, 3.05) is 5.32 Å². The van der Waals surface area contributed by atoms with Gasteiger partial charge in [0.15, 0.2) is 10.9 Å². The zero-order valence-corrected chi connectivity index (χ0v) is 13.9. The van der Waals surface area contributed by atoms with Gasteiger partial charge in [0.25, 0.3) is 0 Å². The highest BCUT2D eigenvalue weighted by molar-refractivity contribution is 7.80. The summed E-state index contributed by atoms with van der Waals surface area (Å²) in [7, 11) is 0. The fourth-order valence-corrected chi connectivity index (χ4v) is 2.68. The summed E-state index contributed by atoms with van der Waals surface area (Å²) in [6.45, 7) is 1.91. The minimum Gasteiger partial charge on any atom is -0.331 e. The molecule has 3 N–H and O–H groups in total. The molecule has 0 aromatic heterocycles. The van der Waals surface area contributed by atoms with Gasteiger partial charge in [-0.05, 0) is 36.8 Å². The van der Waals surface area contributed by atoms with Crippen molar-refractivity contribution in [1.29, 1.82) is 0 Å². The smallest absolute Gasteiger partial charge is 0.189 e. The third kappa shape index (κ3) is 3.21. The number of hydrazine groups is 1. The van der Waals surface area contributed by atoms with Gasteiger partial charge < -0.3 is 5.32 Å². The molecule has 2 aromatic carbocycles. The van der Waals surface area contributed by atoms with Gasteiger partial charge in [-0.15, -0.1) is 0 Å². The Balaban J connectivity index is 1.65. The number of anilines is 1. The number of carbonyl (C=O) groups excluding carboxylic acids is 1. The van der Waals surface area contributed by atoms with Crippen LogP contribution in [-0.2, 0) is 0 Å². The quantitative estimate of drug-likeness (QED) is 0.586. The van der Waals surface area contributed by atoms with E-state index in [0.29, 0.717) is 21.4 Å². The highest BCUT2D eigenvalue weighted by Gasteiger charge is 2.20. The summed E-state index contributed by atoms with van der Waals surface area (Å²) < 4.78 is 0. The first-order valence-corrected chi connectivity index (χ1v) is 7.78. The van der Waals surface area contributed by atoms with E-state index in [9.17, 15) is 4.79 Å². The van der Waals surface area contributed by atoms with Gasteiger partial charge in [-0.1, -0.05) is 41.9 Å². The van der Waals surface area contributed by atoms with Crippen molar-refractivity contribution in [2.45, 2.75) is 6.92 Å². The van der Waals surface area contributed by atoms with Gasteiger partial charge in [-0.3, -0.25) is 15.6 Å². The zero-order valence-electron chi connectivity index (χ0n) is 12.3. The van der Waals surface area contributed by atoms with Gasteiger partial charge in [0, 0.05) is 27.9 Å². The summed E-state index contributed by atoms with van der Waals surface area (Å²) in [6, 6.07) is 13.0. The second kappa shape index (κ2) is 6.40. The molecule has 0 amide bonds. The molecule has 116 valence electrons. The minimum absolute atomic E-state index is 0.0190. The van der Waals surface area contributed by atoms with Crippen LogP contribution in [0.4, 0.5) is 5.69 Å². The van der Waals surface area contributed by atoms with Crippen molar-refractivity contribution in [3.63, 3.8) is 0 Å². The van der Waals surface area contributed by atoms with Crippen LogP contribution in [0.15, 0.2) is 48.5 Å². The fourth-order valence-electron chi connectivity index (χ4n) is 2.34. The Morgan fingerprint density at radius 2 is 1.83 bits per heavy atom. The molecule has 0 fully saturated rings. The number of ketones is 1. The monoisotopic (exact) mass is 343 g/mol. The molecule has 2 aromatic rings. The number of halogens is 1. The molecule has 0 saturated heterocycles. The number of allylic oxidation sites excluding steroid dienone is 1. The average Bonchev–Trinajstić information content (AvgIpc) is 2.87. The van der Waals surface area contributed by atoms with E-state index in [-0.39, 0.29) is 5.78 Å². The standard InChI is InChI=1S/C17H14ClN3OS/c1-10-13(18)7-4-8-14(10)19-17(23)21-20-15-9-16(22)12-6-3-2-5-11(12)15/h2-9,20H,1H3,(H2,19,21,23). The van der Waals surface area contributed by atoms with Crippen molar-refractivity contribution in [2.24, 2.45) is 0 Å². The number of thiocarbonyl (C=S) groups is 1. The normalized spacial score (nSPS) is 12.4. The van der Waals surface area contributed by atoms with Crippen molar-refractivity contribution < 1.29 is 4.79 Å². The lowest BCUT2D eigenvalue weighted by Crippen LogP contribution is -2.39. The molecule has 0 radical (unpaired) electrons. The number of benzene rings is 2. The predicted molar refractivity (Wildman–Crippen MR) is 97.4 cm³/mol. The van der Waals surface area contributed by atoms with Gasteiger partial charge in [0.2, 0.25) is 0 Å². The van der Waals surface area contributed by atoms with Gasteiger partial charge >= 0.3 is 0 Å². The lowest BCUT2D eigenvalue weighted by atomic mass is 10.1. The molecule has 3 rings (SSSR count). The van der Waals surface area contributed by atoms with E-state index in [1.807, 2.05) is 43.3 Å². The van der Waals surface area contributed by atoms with Crippen LogP contribution in [-0.4, -0.2) is 10.9 Å². The van der Waals surface area contributed by atoms with E-state index in [1.54, 1.807) is 12.1 Å². The molecule has 0 bridgehead atoms. The lowest BCUT2D eigenvalue weighted by Gasteiger charge is -2.15. The molecule has 6 heteroatoms. The molecule has 0 heterocycles. The Morgan fingerprint density at radius 1 is 1.09 bits per heavy atom. The lowest BCUT2D eigenvalue weighted by molar-refractivity contribution is 0.105. The van der Waals surface area contributed by atoms with E-state index >= 15 is 0 Å². The number of hydrogen-bond donors (Lipinski definition) is 3. The maximum Gasteiger partial charge on any atom is 0.189 e. The topological polar surface area (TPSA) is 53.2 Å². The van der Waals surface area contributed by atoms with E-state index in [2.05, 4.69) is 16.2 Å². The van der Waals surface area contributed by atoms with Crippen LogP contribution in [0.25, 0.3) is 5.70 Å². The van der Waals surface area contributed by atoms with E-state index < -0.39 is 0 Å².